The molecule has 0 bridgehead atoms. The van der Waals surface area contributed by atoms with Crippen molar-refractivity contribution in [2.24, 2.45) is 5.92 Å². The predicted molar refractivity (Wildman–Crippen MR) is 75.5 cm³/mol. The minimum absolute atomic E-state index is 0.459. The predicted octanol–water partition coefficient (Wildman–Crippen LogP) is 2.53. The molecule has 2 aliphatic rings. The molecule has 3 heteroatoms. The van der Waals surface area contributed by atoms with Gasteiger partial charge < -0.3 is 14.8 Å². The Labute approximate surface area is 115 Å². The zero-order valence-corrected chi connectivity index (χ0v) is 11.7. The first-order valence-corrected chi connectivity index (χ1v) is 7.43. The molecule has 19 heavy (non-hydrogen) atoms. The fourth-order valence-corrected chi connectivity index (χ4v) is 3.13. The van der Waals surface area contributed by atoms with E-state index in [1.54, 1.807) is 0 Å². The summed E-state index contributed by atoms with van der Waals surface area (Å²) in [5, 5.41) is 3.58. The summed E-state index contributed by atoms with van der Waals surface area (Å²) in [5.74, 6) is 1.75. The molecular weight excluding hydrogens is 238 g/mol. The zero-order chi connectivity index (χ0) is 13.1. The highest BCUT2D eigenvalue weighted by molar-refractivity contribution is 5.39. The van der Waals surface area contributed by atoms with E-state index < -0.39 is 0 Å². The molecule has 3 nitrogen and oxygen atoms in total. The summed E-state index contributed by atoms with van der Waals surface area (Å²) in [4.78, 5) is 0. The fourth-order valence-electron chi connectivity index (χ4n) is 3.13. The summed E-state index contributed by atoms with van der Waals surface area (Å²) < 4.78 is 11.3. The van der Waals surface area contributed by atoms with Gasteiger partial charge in [0.1, 0.15) is 5.75 Å². The average Bonchev–Trinajstić information content (AvgIpc) is 3.06. The number of fused-ring (bicyclic) bond motifs is 1. The van der Waals surface area contributed by atoms with Crippen LogP contribution in [0.15, 0.2) is 18.2 Å². The third-order valence-electron chi connectivity index (χ3n) is 4.24. The first-order valence-electron chi connectivity index (χ1n) is 7.43. The van der Waals surface area contributed by atoms with E-state index in [-0.39, 0.29) is 0 Å². The van der Waals surface area contributed by atoms with Gasteiger partial charge in [-0.1, -0.05) is 19.1 Å². The van der Waals surface area contributed by atoms with Crippen LogP contribution < -0.4 is 10.1 Å². The van der Waals surface area contributed by atoms with Crippen LogP contribution >= 0.6 is 0 Å². The summed E-state index contributed by atoms with van der Waals surface area (Å²) in [6.45, 7) is 5.99. The summed E-state index contributed by atoms with van der Waals surface area (Å²) >= 11 is 0. The van der Waals surface area contributed by atoms with Crippen LogP contribution in [-0.2, 0) is 17.7 Å². The van der Waals surface area contributed by atoms with Crippen LogP contribution in [0.1, 0.15) is 30.9 Å². The first kappa shape index (κ1) is 12.9. The van der Waals surface area contributed by atoms with Crippen LogP contribution in [0.5, 0.6) is 5.75 Å². The van der Waals surface area contributed by atoms with Gasteiger partial charge in [0.15, 0.2) is 0 Å². The first-order chi connectivity index (χ1) is 9.36. The summed E-state index contributed by atoms with van der Waals surface area (Å²) in [6.07, 6.45) is 3.84. The zero-order valence-electron chi connectivity index (χ0n) is 11.7. The molecule has 0 saturated carbocycles. The van der Waals surface area contributed by atoms with Gasteiger partial charge in [-0.2, -0.15) is 0 Å². The monoisotopic (exact) mass is 261 g/mol. The number of nitrogens with one attached hydrogen (secondary N) is 1. The highest BCUT2D eigenvalue weighted by Gasteiger charge is 2.25. The highest BCUT2D eigenvalue weighted by Crippen LogP contribution is 2.26. The third-order valence-corrected chi connectivity index (χ3v) is 4.24. The van der Waals surface area contributed by atoms with Crippen molar-refractivity contribution in [3.63, 3.8) is 0 Å². The molecular formula is C16H23NO2. The average molecular weight is 261 g/mol. The molecule has 2 unspecified atom stereocenters. The number of benzene rings is 1. The Morgan fingerprint density at radius 1 is 1.32 bits per heavy atom. The number of rotatable bonds is 5. The smallest absolute Gasteiger partial charge is 0.122 e. The van der Waals surface area contributed by atoms with Crippen molar-refractivity contribution in [2.75, 3.05) is 19.8 Å². The molecule has 2 heterocycles. The lowest BCUT2D eigenvalue weighted by Crippen LogP contribution is -2.27. The molecule has 0 aromatic heterocycles. The molecule has 2 atom stereocenters. The molecule has 1 N–H and O–H groups in total. The van der Waals surface area contributed by atoms with Gasteiger partial charge in [0, 0.05) is 26.1 Å². The number of hydrogen-bond acceptors (Lipinski definition) is 3. The van der Waals surface area contributed by atoms with E-state index in [4.69, 9.17) is 9.47 Å². The van der Waals surface area contributed by atoms with Crippen molar-refractivity contribution in [3.05, 3.63) is 29.3 Å². The van der Waals surface area contributed by atoms with Crippen molar-refractivity contribution >= 4 is 0 Å². The maximum atomic E-state index is 5.72. The Morgan fingerprint density at radius 2 is 2.26 bits per heavy atom. The molecule has 1 fully saturated rings. The van der Waals surface area contributed by atoms with Crippen LogP contribution in [-0.4, -0.2) is 25.9 Å². The maximum Gasteiger partial charge on any atom is 0.122 e. The van der Waals surface area contributed by atoms with Crippen molar-refractivity contribution in [1.29, 1.82) is 0 Å². The van der Waals surface area contributed by atoms with Gasteiger partial charge in [-0.15, -0.1) is 0 Å². The molecule has 2 aliphatic heterocycles. The Morgan fingerprint density at radius 3 is 3.16 bits per heavy atom. The Balaban J connectivity index is 1.50. The second kappa shape index (κ2) is 5.93. The minimum Gasteiger partial charge on any atom is -0.493 e. The fraction of sp³-hybridized carbons (Fsp3) is 0.625. The second-order valence-corrected chi connectivity index (χ2v) is 5.54. The van der Waals surface area contributed by atoms with Gasteiger partial charge in [-0.3, -0.25) is 0 Å². The van der Waals surface area contributed by atoms with Crippen LogP contribution in [0.4, 0.5) is 0 Å². The third kappa shape index (κ3) is 2.93. The molecule has 1 aromatic rings. The lowest BCUT2D eigenvalue weighted by atomic mass is 9.99. The summed E-state index contributed by atoms with van der Waals surface area (Å²) in [6, 6.07) is 6.55. The SMILES string of the molecule is CCC1OCCC1CNCc1ccc2c(c1)CCO2. The van der Waals surface area contributed by atoms with E-state index in [1.807, 2.05) is 0 Å². The van der Waals surface area contributed by atoms with Gasteiger partial charge in [0.2, 0.25) is 0 Å². The van der Waals surface area contributed by atoms with Crippen molar-refractivity contribution in [1.82, 2.24) is 5.32 Å². The molecule has 0 amide bonds. The minimum atomic E-state index is 0.459. The summed E-state index contributed by atoms with van der Waals surface area (Å²) in [5.41, 5.74) is 2.71. The van der Waals surface area contributed by atoms with Crippen molar-refractivity contribution in [2.45, 2.75) is 38.8 Å². The van der Waals surface area contributed by atoms with E-state index in [2.05, 4.69) is 30.4 Å². The standard InChI is InChI=1S/C16H23NO2/c1-2-15-14(6-8-18-15)11-17-10-12-3-4-16-13(9-12)5-7-19-16/h3-4,9,14-15,17H,2,5-8,10-11H2,1H3. The van der Waals surface area contributed by atoms with Gasteiger partial charge in [-0.05, 0) is 36.0 Å². The van der Waals surface area contributed by atoms with E-state index in [0.717, 1.165) is 44.9 Å². The highest BCUT2D eigenvalue weighted by atomic mass is 16.5. The normalized spacial score (nSPS) is 25.3. The van der Waals surface area contributed by atoms with Gasteiger partial charge in [0.05, 0.1) is 12.7 Å². The Kier molecular flexibility index (Phi) is 4.04. The quantitative estimate of drug-likeness (QED) is 0.883. The van der Waals surface area contributed by atoms with Crippen LogP contribution in [0.25, 0.3) is 0 Å². The molecule has 0 spiro atoms. The van der Waals surface area contributed by atoms with E-state index >= 15 is 0 Å². The van der Waals surface area contributed by atoms with Crippen LogP contribution in [0.2, 0.25) is 0 Å². The lowest BCUT2D eigenvalue weighted by molar-refractivity contribution is 0.0872. The van der Waals surface area contributed by atoms with Crippen molar-refractivity contribution < 1.29 is 9.47 Å². The molecule has 0 radical (unpaired) electrons. The second-order valence-electron chi connectivity index (χ2n) is 5.54. The maximum absolute atomic E-state index is 5.72. The van der Waals surface area contributed by atoms with Crippen LogP contribution in [0.3, 0.4) is 0 Å². The molecule has 104 valence electrons. The van der Waals surface area contributed by atoms with Gasteiger partial charge in [0.25, 0.3) is 0 Å². The largest absolute Gasteiger partial charge is 0.493 e. The van der Waals surface area contributed by atoms with E-state index in [0.29, 0.717) is 12.0 Å². The Hall–Kier alpha value is -1.06. The number of ether oxygens (including phenoxy) is 2. The lowest BCUT2D eigenvalue weighted by Gasteiger charge is -2.17. The van der Waals surface area contributed by atoms with Gasteiger partial charge in [-0.25, -0.2) is 0 Å². The molecule has 0 aliphatic carbocycles. The topological polar surface area (TPSA) is 30.5 Å². The van der Waals surface area contributed by atoms with Gasteiger partial charge >= 0.3 is 0 Å². The number of hydrogen-bond donors (Lipinski definition) is 1. The Bertz CT molecular complexity index is 433. The molecule has 3 rings (SSSR count). The van der Waals surface area contributed by atoms with Crippen molar-refractivity contribution in [3.8, 4) is 5.75 Å². The van der Waals surface area contributed by atoms with E-state index in [9.17, 15) is 0 Å². The molecule has 1 saturated heterocycles. The van der Waals surface area contributed by atoms with Crippen LogP contribution in [0, 0.1) is 5.92 Å². The summed E-state index contributed by atoms with van der Waals surface area (Å²) in [7, 11) is 0. The van der Waals surface area contributed by atoms with E-state index in [1.165, 1.54) is 17.5 Å². The molecule has 1 aromatic carbocycles.